The Balaban J connectivity index is 0.000000124. The number of ketones is 3. The molecular formula is C99H94Cl5F3N6O20. The SMILES string of the molecule is Cc1cc(OCC(=O)NC23CC(CC(=O)[C@@H]4CC(=O)c5cc(F)c(F)cc5O4)(C2)C3)ccc1Cl.Cc1cc(OCC(=O)NC23CC(NC(=O)[C@@H]4C[C@H](O)c5cc(Cl)ccc5O4)(C2)C3)ccc1Cl.Cc1cc(OCC(=O)NC23CC(NC(=O)[C@H]4C[C@@H](O)c5cc(Cl)ccc5O4)(C2)C3)ccc1Cl.Cc1ccc2oc(C(=O)CC34CC(NC(=O)COc5ccc(C)c(F)c5)(C3)C4)cc(=O)c2c1. The smallest absolute Gasteiger partial charge is 0.261 e. The van der Waals surface area contributed by atoms with Gasteiger partial charge in [0.2, 0.25) is 0 Å². The van der Waals surface area contributed by atoms with Gasteiger partial charge in [0, 0.05) is 113 Å². The number of hydrogen-bond acceptors (Lipinski definition) is 20. The molecule has 696 valence electrons. The molecule has 15 aliphatic rings. The highest BCUT2D eigenvalue weighted by Crippen LogP contribution is 2.70. The molecule has 12 saturated carbocycles. The highest BCUT2D eigenvalue weighted by atomic mass is 35.5. The first-order valence-electron chi connectivity index (χ1n) is 43.6. The van der Waals surface area contributed by atoms with Gasteiger partial charge in [0.05, 0.1) is 29.6 Å². The summed E-state index contributed by atoms with van der Waals surface area (Å²) in [4.78, 5) is 125. The van der Waals surface area contributed by atoms with Gasteiger partial charge in [-0.05, 0) is 260 Å². The molecule has 9 aromatic rings. The van der Waals surface area contributed by atoms with Crippen molar-refractivity contribution in [2.45, 2.75) is 208 Å². The third-order valence-electron chi connectivity index (χ3n) is 27.0. The molecular weight excluding hydrogens is 1830 g/mol. The maximum atomic E-state index is 13.6. The molecule has 8 N–H and O–H groups in total. The van der Waals surface area contributed by atoms with E-state index in [-0.39, 0.29) is 178 Å². The Morgan fingerprint density at radius 2 is 0.797 bits per heavy atom. The lowest BCUT2D eigenvalue weighted by molar-refractivity contribution is -0.175. The van der Waals surface area contributed by atoms with Gasteiger partial charge in [0.25, 0.3) is 35.4 Å². The fourth-order valence-corrected chi connectivity index (χ4v) is 21.8. The summed E-state index contributed by atoms with van der Waals surface area (Å²) < 4.78 is 85.5. The average molecular weight is 1920 g/mol. The number of carbonyl (C=O) groups is 9. The fraction of sp³-hybridized carbons (Fsp3) is 0.394. The molecule has 3 aliphatic heterocycles. The van der Waals surface area contributed by atoms with Gasteiger partial charge in [-0.2, -0.15) is 0 Å². The lowest BCUT2D eigenvalue weighted by atomic mass is 9.38. The molecule has 12 aliphatic carbocycles. The van der Waals surface area contributed by atoms with Crippen molar-refractivity contribution in [1.82, 2.24) is 31.9 Å². The number of halogens is 8. The summed E-state index contributed by atoms with van der Waals surface area (Å²) >= 11 is 30.0. The number of hydrogen-bond donors (Lipinski definition) is 8. The van der Waals surface area contributed by atoms with E-state index in [9.17, 15) is 71.3 Å². The Morgan fingerprint density at radius 1 is 0.406 bits per heavy atom. The van der Waals surface area contributed by atoms with Crippen LogP contribution in [0.25, 0.3) is 11.0 Å². The van der Waals surface area contributed by atoms with Crippen LogP contribution in [0.15, 0.2) is 155 Å². The molecule has 24 rings (SSSR count). The Bertz CT molecular complexity index is 6120. The van der Waals surface area contributed by atoms with Crippen LogP contribution in [-0.2, 0) is 33.6 Å². The number of benzene rings is 8. The van der Waals surface area contributed by atoms with Crippen molar-refractivity contribution in [3.8, 4) is 40.2 Å². The first-order chi connectivity index (χ1) is 63.0. The van der Waals surface area contributed by atoms with Gasteiger partial charge in [0.1, 0.15) is 51.6 Å². The molecule has 0 unspecified atom stereocenters. The Kier molecular flexibility index (Phi) is 25.3. The van der Waals surface area contributed by atoms with Crippen molar-refractivity contribution < 1.29 is 104 Å². The zero-order valence-corrected chi connectivity index (χ0v) is 76.6. The predicted molar refractivity (Wildman–Crippen MR) is 484 cm³/mol. The lowest BCUT2D eigenvalue weighted by Gasteiger charge is -2.70. The van der Waals surface area contributed by atoms with Crippen LogP contribution in [0.4, 0.5) is 13.2 Å². The molecule has 1 aromatic heterocycles. The highest BCUT2D eigenvalue weighted by Gasteiger charge is 2.72. The van der Waals surface area contributed by atoms with E-state index < -0.39 is 47.9 Å². The van der Waals surface area contributed by atoms with E-state index in [1.54, 1.807) is 122 Å². The summed E-state index contributed by atoms with van der Waals surface area (Å²) in [6, 6.07) is 38.3. The average Bonchev–Trinajstić information content (AvgIpc) is 0.695. The molecule has 8 bridgehead atoms. The second-order valence-corrected chi connectivity index (χ2v) is 40.2. The van der Waals surface area contributed by atoms with Crippen LogP contribution in [0.1, 0.15) is 181 Å². The molecule has 0 spiro atoms. The van der Waals surface area contributed by atoms with E-state index in [0.717, 1.165) is 34.4 Å². The van der Waals surface area contributed by atoms with Crippen molar-refractivity contribution >= 4 is 122 Å². The number of aliphatic hydroxyl groups excluding tert-OH is 2. The van der Waals surface area contributed by atoms with Crippen molar-refractivity contribution in [3.05, 3.63) is 249 Å². The normalized spacial score (nSPS) is 26.8. The van der Waals surface area contributed by atoms with Gasteiger partial charge in [-0.1, -0.05) is 75.7 Å². The van der Waals surface area contributed by atoms with Crippen LogP contribution in [0.2, 0.25) is 25.1 Å². The topological polar surface area (TPSA) is 361 Å². The Morgan fingerprint density at radius 3 is 1.23 bits per heavy atom. The minimum atomic E-state index is -1.13. The summed E-state index contributed by atoms with van der Waals surface area (Å²) in [7, 11) is 0. The minimum absolute atomic E-state index is 0.0499. The summed E-state index contributed by atoms with van der Waals surface area (Å²) in [5.74, 6) is -1.99. The van der Waals surface area contributed by atoms with E-state index in [2.05, 4.69) is 31.9 Å². The van der Waals surface area contributed by atoms with E-state index >= 15 is 0 Å². The van der Waals surface area contributed by atoms with Crippen LogP contribution in [0, 0.1) is 62.9 Å². The van der Waals surface area contributed by atoms with Gasteiger partial charge in [-0.25, -0.2) is 13.2 Å². The number of Topliss-reactive ketones (excluding diaryl/α,β-unsaturated/α-hetero) is 3. The van der Waals surface area contributed by atoms with Gasteiger partial charge >= 0.3 is 0 Å². The molecule has 133 heavy (non-hydrogen) atoms. The number of amides is 6. The zero-order valence-electron chi connectivity index (χ0n) is 72.9. The second kappa shape index (κ2) is 36.1. The third kappa shape index (κ3) is 19.9. The molecule has 4 heterocycles. The van der Waals surface area contributed by atoms with Gasteiger partial charge in [-0.15, -0.1) is 0 Å². The molecule has 0 saturated heterocycles. The fourth-order valence-electron chi connectivity index (χ4n) is 21.1. The van der Waals surface area contributed by atoms with Crippen LogP contribution in [-0.4, -0.2) is 141 Å². The molecule has 26 nitrogen and oxygen atoms in total. The predicted octanol–water partition coefficient (Wildman–Crippen LogP) is 15.5. The maximum Gasteiger partial charge on any atom is 0.261 e. The van der Waals surface area contributed by atoms with Crippen LogP contribution >= 0.6 is 58.0 Å². The zero-order chi connectivity index (χ0) is 94.4. The monoisotopic (exact) mass is 1920 g/mol. The number of carbonyl (C=O) groups excluding carboxylic acids is 9. The van der Waals surface area contributed by atoms with Crippen LogP contribution < -0.4 is 70.5 Å². The van der Waals surface area contributed by atoms with Gasteiger partial charge in [0.15, 0.2) is 84.9 Å². The number of ether oxygens (including phenoxy) is 7. The molecule has 6 amide bonds. The lowest BCUT2D eigenvalue weighted by Crippen LogP contribution is -2.84. The minimum Gasteiger partial charge on any atom is -0.484 e. The largest absolute Gasteiger partial charge is 0.484 e. The first kappa shape index (κ1) is 93.4. The maximum absolute atomic E-state index is 13.6. The van der Waals surface area contributed by atoms with E-state index in [1.807, 2.05) is 33.8 Å². The number of nitrogens with one attached hydrogen (secondary N) is 6. The number of fused-ring (bicyclic) bond motifs is 4. The molecule has 12 fully saturated rings. The summed E-state index contributed by atoms with van der Waals surface area (Å²) in [5, 5.41) is 42.4. The first-order valence-corrected chi connectivity index (χ1v) is 45.5. The van der Waals surface area contributed by atoms with Crippen molar-refractivity contribution in [1.29, 1.82) is 0 Å². The van der Waals surface area contributed by atoms with Crippen LogP contribution in [0.3, 0.4) is 0 Å². The van der Waals surface area contributed by atoms with E-state index in [0.29, 0.717) is 164 Å². The summed E-state index contributed by atoms with van der Waals surface area (Å²) in [5.41, 5.74) is 3.15. The standard InChI is InChI=1S/C26H24FNO5.C25H22ClF2NO5.2C24H24Cl2N2O5/c1-15-3-6-22-18(7-15)20(29)9-23(33-22)21(30)10-25-12-26(13-25,14-25)28-24(31)11-32-17-5-4-16(2)19(27)8-17;1-13-4-14(2-3-16(13)26)33-9-23(32)29-25-10-24(11-25,12-25)8-20(31)22-7-19(30)15-5-17(27)18(28)6-21(15)34-22;2*1-13-6-15(3-4-17(13)26)32-9-21(30)27-23-10-24(11-23,12-23)28-22(31)20-8-18(29)16-7-14(25)2-5-19(16)33-20/h3-9H,10-14H2,1-2H3,(H,28,31);2-6,22H,7-12H2,1H3,(H,29,32);2*2-7,18,20,29H,8-12H2,1H3,(H,27,30)(H,28,31)/t;22-,24?,25?;2*18-,20-,23?,24?/m.010/s1. The van der Waals surface area contributed by atoms with E-state index in [4.69, 9.17) is 95.6 Å². The van der Waals surface area contributed by atoms with Crippen molar-refractivity contribution in [2.24, 2.45) is 10.8 Å². The van der Waals surface area contributed by atoms with E-state index in [1.165, 1.54) is 12.1 Å². The summed E-state index contributed by atoms with van der Waals surface area (Å²) in [6.07, 6.45) is 4.52. The van der Waals surface area contributed by atoms with Gasteiger partial charge in [-0.3, -0.25) is 47.9 Å². The number of aryl methyl sites for hydroxylation is 5. The molecule has 34 heteroatoms. The second-order valence-electron chi connectivity index (χ2n) is 38.1. The molecule has 8 aromatic carbocycles. The number of aliphatic hydroxyl groups is 2. The summed E-state index contributed by atoms with van der Waals surface area (Å²) in [6.45, 7) is 8.66. The molecule has 0 radical (unpaired) electrons. The Labute approximate surface area is 786 Å². The number of rotatable bonds is 26. The highest BCUT2D eigenvalue weighted by molar-refractivity contribution is 6.32. The molecule has 5 atom stereocenters. The van der Waals surface area contributed by atoms with Crippen molar-refractivity contribution in [2.75, 3.05) is 26.4 Å². The van der Waals surface area contributed by atoms with Crippen LogP contribution in [0.5, 0.6) is 40.2 Å². The Hall–Kier alpha value is -11.4. The third-order valence-corrected chi connectivity index (χ3v) is 28.7. The van der Waals surface area contributed by atoms with Crippen molar-refractivity contribution in [3.63, 3.8) is 0 Å². The quantitative estimate of drug-likeness (QED) is 0.0233. The van der Waals surface area contributed by atoms with Gasteiger partial charge < -0.3 is 79.7 Å².